The summed E-state index contributed by atoms with van der Waals surface area (Å²) in [7, 11) is 2.14. The van der Waals surface area contributed by atoms with Crippen LogP contribution in [0, 0.1) is 0 Å². The summed E-state index contributed by atoms with van der Waals surface area (Å²) < 4.78 is 0. The molecule has 0 aliphatic carbocycles. The minimum Gasteiger partial charge on any atom is -0.375 e. The van der Waals surface area contributed by atoms with Gasteiger partial charge < -0.3 is 9.80 Å². The summed E-state index contributed by atoms with van der Waals surface area (Å²) in [6.07, 6.45) is 4.15. The van der Waals surface area contributed by atoms with E-state index in [1.54, 1.807) is 6.92 Å². The summed E-state index contributed by atoms with van der Waals surface area (Å²) >= 11 is 0. The fraction of sp³-hybridized carbons (Fsp3) is 0.471. The van der Waals surface area contributed by atoms with E-state index in [1.807, 2.05) is 37.3 Å². The average Bonchev–Trinajstić information content (AvgIpc) is 2.47. The van der Waals surface area contributed by atoms with Crippen molar-refractivity contribution in [2.45, 2.75) is 19.3 Å². The molecule has 2 rings (SSSR count). The molecule has 0 amide bonds. The summed E-state index contributed by atoms with van der Waals surface area (Å²) in [6.45, 7) is 7.86. The molecule has 1 fully saturated rings. The van der Waals surface area contributed by atoms with Gasteiger partial charge in [-0.3, -0.25) is 4.79 Å². The minimum atomic E-state index is -0.537. The molecule has 0 bridgehead atoms. The first kappa shape index (κ1) is 14.8. The summed E-state index contributed by atoms with van der Waals surface area (Å²) in [5.74, 6) is 0.175. The molecule has 0 spiro atoms. The molecule has 1 saturated heterocycles. The topological polar surface area (TPSA) is 23.6 Å². The van der Waals surface area contributed by atoms with Crippen LogP contribution in [0.1, 0.15) is 19.4 Å². The van der Waals surface area contributed by atoms with Crippen molar-refractivity contribution >= 4 is 5.78 Å². The highest BCUT2D eigenvalue weighted by Crippen LogP contribution is 2.26. The molecule has 20 heavy (non-hydrogen) atoms. The van der Waals surface area contributed by atoms with Crippen LogP contribution in [0.15, 0.2) is 42.6 Å². The molecular formula is C17H24N2O. The van der Waals surface area contributed by atoms with Crippen molar-refractivity contribution in [2.24, 2.45) is 0 Å². The normalized spacial score (nSPS) is 20.1. The Labute approximate surface area is 121 Å². The fourth-order valence-corrected chi connectivity index (χ4v) is 2.43. The number of carbonyl (C=O) groups is 1. The summed E-state index contributed by atoms with van der Waals surface area (Å²) in [4.78, 5) is 16.7. The van der Waals surface area contributed by atoms with E-state index in [4.69, 9.17) is 0 Å². The van der Waals surface area contributed by atoms with Gasteiger partial charge in [-0.1, -0.05) is 36.4 Å². The molecule has 3 nitrogen and oxygen atoms in total. The first-order valence-corrected chi connectivity index (χ1v) is 7.21. The Morgan fingerprint density at radius 2 is 1.75 bits per heavy atom. The standard InChI is InChI=1S/C17H24N2O/c1-15(20)17(2,16-7-5-4-6-8-16)9-10-19-13-11-18(3)12-14-19/h4-10H,11-14H2,1-3H3/b10-9+. The number of allylic oxidation sites excluding steroid dienone is 1. The average molecular weight is 272 g/mol. The third-order valence-corrected chi connectivity index (χ3v) is 4.26. The highest BCUT2D eigenvalue weighted by Gasteiger charge is 2.29. The first-order chi connectivity index (χ1) is 9.52. The van der Waals surface area contributed by atoms with E-state index in [9.17, 15) is 4.79 Å². The molecule has 1 aliphatic rings. The van der Waals surface area contributed by atoms with E-state index in [1.165, 1.54) is 0 Å². The molecule has 1 aromatic carbocycles. The quantitative estimate of drug-likeness (QED) is 0.840. The number of hydrogen-bond donors (Lipinski definition) is 0. The Balaban J connectivity index is 2.16. The lowest BCUT2D eigenvalue weighted by atomic mass is 9.79. The van der Waals surface area contributed by atoms with Gasteiger partial charge in [0.15, 0.2) is 0 Å². The van der Waals surface area contributed by atoms with Crippen LogP contribution in [-0.4, -0.2) is 48.8 Å². The van der Waals surface area contributed by atoms with Gasteiger partial charge in [0.1, 0.15) is 5.78 Å². The first-order valence-electron chi connectivity index (χ1n) is 7.21. The Morgan fingerprint density at radius 1 is 1.15 bits per heavy atom. The Morgan fingerprint density at radius 3 is 2.30 bits per heavy atom. The molecule has 1 atom stereocenters. The van der Waals surface area contributed by atoms with Crippen LogP contribution in [0.5, 0.6) is 0 Å². The number of rotatable bonds is 4. The summed E-state index contributed by atoms with van der Waals surface area (Å²) in [5, 5.41) is 0. The number of nitrogens with zero attached hydrogens (tertiary/aromatic N) is 2. The highest BCUT2D eigenvalue weighted by molar-refractivity contribution is 5.89. The van der Waals surface area contributed by atoms with Crippen LogP contribution >= 0.6 is 0 Å². The number of Topliss-reactive ketones (excluding diaryl/α,β-unsaturated/α-hetero) is 1. The van der Waals surface area contributed by atoms with Crippen LogP contribution < -0.4 is 0 Å². The zero-order chi connectivity index (χ0) is 14.6. The van der Waals surface area contributed by atoms with Crippen LogP contribution in [0.25, 0.3) is 0 Å². The Kier molecular flexibility index (Phi) is 4.61. The maximum Gasteiger partial charge on any atom is 0.143 e. The summed E-state index contributed by atoms with van der Waals surface area (Å²) in [5.41, 5.74) is 0.516. The van der Waals surface area contributed by atoms with Crippen molar-refractivity contribution in [2.75, 3.05) is 33.2 Å². The molecule has 0 radical (unpaired) electrons. The predicted octanol–water partition coefficient (Wildman–Crippen LogP) is 2.29. The van der Waals surface area contributed by atoms with Crippen LogP contribution in [-0.2, 0) is 10.2 Å². The van der Waals surface area contributed by atoms with Crippen molar-refractivity contribution in [1.82, 2.24) is 9.80 Å². The molecule has 1 heterocycles. The SMILES string of the molecule is CC(=O)C(C)(/C=C/N1CCN(C)CC1)c1ccccc1. The fourth-order valence-electron chi connectivity index (χ4n) is 2.43. The van der Waals surface area contributed by atoms with E-state index in [0.29, 0.717) is 0 Å². The Hall–Kier alpha value is -1.61. The van der Waals surface area contributed by atoms with E-state index in [0.717, 1.165) is 31.7 Å². The number of likely N-dealkylation sites (N-methyl/N-ethyl adjacent to an activating group) is 1. The van der Waals surface area contributed by atoms with Crippen molar-refractivity contribution in [1.29, 1.82) is 0 Å². The van der Waals surface area contributed by atoms with Gasteiger partial charge in [0.25, 0.3) is 0 Å². The van der Waals surface area contributed by atoms with Gasteiger partial charge in [0, 0.05) is 26.2 Å². The van der Waals surface area contributed by atoms with Crippen molar-refractivity contribution in [3.05, 3.63) is 48.2 Å². The molecule has 0 N–H and O–H groups in total. The number of hydrogen-bond acceptors (Lipinski definition) is 3. The molecule has 0 aromatic heterocycles. The largest absolute Gasteiger partial charge is 0.375 e. The van der Waals surface area contributed by atoms with Crippen LogP contribution in [0.4, 0.5) is 0 Å². The van der Waals surface area contributed by atoms with Gasteiger partial charge in [-0.2, -0.15) is 0 Å². The number of carbonyl (C=O) groups excluding carboxylic acids is 1. The zero-order valence-electron chi connectivity index (χ0n) is 12.7. The third kappa shape index (κ3) is 3.28. The number of benzene rings is 1. The van der Waals surface area contributed by atoms with Crippen molar-refractivity contribution in [3.8, 4) is 0 Å². The lowest BCUT2D eigenvalue weighted by Crippen LogP contribution is -2.42. The zero-order valence-corrected chi connectivity index (χ0v) is 12.7. The van der Waals surface area contributed by atoms with Gasteiger partial charge in [-0.05, 0) is 32.7 Å². The predicted molar refractivity (Wildman–Crippen MR) is 82.7 cm³/mol. The van der Waals surface area contributed by atoms with Crippen LogP contribution in [0.3, 0.4) is 0 Å². The molecule has 0 saturated carbocycles. The van der Waals surface area contributed by atoms with E-state index in [2.05, 4.69) is 29.1 Å². The molecule has 1 aliphatic heterocycles. The minimum absolute atomic E-state index is 0.175. The lowest BCUT2D eigenvalue weighted by Gasteiger charge is -2.32. The van der Waals surface area contributed by atoms with Gasteiger partial charge in [0.2, 0.25) is 0 Å². The smallest absolute Gasteiger partial charge is 0.143 e. The highest BCUT2D eigenvalue weighted by atomic mass is 16.1. The van der Waals surface area contributed by atoms with E-state index < -0.39 is 5.41 Å². The monoisotopic (exact) mass is 272 g/mol. The van der Waals surface area contributed by atoms with Gasteiger partial charge in [-0.15, -0.1) is 0 Å². The molecule has 108 valence electrons. The maximum absolute atomic E-state index is 12.1. The van der Waals surface area contributed by atoms with E-state index >= 15 is 0 Å². The second-order valence-electron chi connectivity index (χ2n) is 5.78. The Bertz CT molecular complexity index is 475. The van der Waals surface area contributed by atoms with Gasteiger partial charge in [-0.25, -0.2) is 0 Å². The van der Waals surface area contributed by atoms with Crippen LogP contribution in [0.2, 0.25) is 0 Å². The molecule has 1 aromatic rings. The lowest BCUT2D eigenvalue weighted by molar-refractivity contribution is -0.120. The van der Waals surface area contributed by atoms with Crippen molar-refractivity contribution < 1.29 is 4.79 Å². The van der Waals surface area contributed by atoms with Gasteiger partial charge in [0.05, 0.1) is 5.41 Å². The second-order valence-corrected chi connectivity index (χ2v) is 5.78. The molecule has 3 heteroatoms. The van der Waals surface area contributed by atoms with E-state index in [-0.39, 0.29) is 5.78 Å². The molecular weight excluding hydrogens is 248 g/mol. The van der Waals surface area contributed by atoms with Crippen molar-refractivity contribution in [3.63, 3.8) is 0 Å². The summed E-state index contributed by atoms with van der Waals surface area (Å²) in [6, 6.07) is 10.0. The number of piperazine rings is 1. The number of ketones is 1. The maximum atomic E-state index is 12.1. The molecule has 1 unspecified atom stereocenters. The third-order valence-electron chi connectivity index (χ3n) is 4.26. The second kappa shape index (κ2) is 6.23. The van der Waals surface area contributed by atoms with Gasteiger partial charge >= 0.3 is 0 Å².